The highest BCUT2D eigenvalue weighted by Crippen LogP contribution is 2.34. The van der Waals surface area contributed by atoms with Gasteiger partial charge in [0.2, 0.25) is 0 Å². The third-order valence-corrected chi connectivity index (χ3v) is 5.52. The number of hydrogen-bond acceptors (Lipinski definition) is 5. The van der Waals surface area contributed by atoms with Gasteiger partial charge in [0.25, 0.3) is 5.78 Å². The number of thioether (sulfide) groups is 1. The topological polar surface area (TPSA) is 80.3 Å². The fourth-order valence-electron chi connectivity index (χ4n) is 2.77. The van der Waals surface area contributed by atoms with Crippen molar-refractivity contribution in [3.63, 3.8) is 0 Å². The van der Waals surface area contributed by atoms with Gasteiger partial charge in [0, 0.05) is 5.56 Å². The first kappa shape index (κ1) is 20.6. The quantitative estimate of drug-likeness (QED) is 0.575. The number of hydrazone groups is 1. The Labute approximate surface area is 169 Å². The number of ketones is 1. The standard InChI is InChI=1S/C20H15F3N4OS/c1-2-16-26-27(19(29-16)17(28)20(21,22)23)18(25)13-9-7-12(8-10-13)15-6-4-3-5-14(15)11-24/h3-10,19,25H,2H2,1H3. The average Bonchev–Trinajstić information content (AvgIpc) is 3.16. The molecule has 9 heteroatoms. The van der Waals surface area contributed by atoms with Crippen molar-refractivity contribution in [1.29, 1.82) is 10.7 Å². The van der Waals surface area contributed by atoms with Crippen molar-refractivity contribution in [1.82, 2.24) is 5.01 Å². The van der Waals surface area contributed by atoms with Gasteiger partial charge in [0.1, 0.15) is 5.84 Å². The van der Waals surface area contributed by atoms with Crippen molar-refractivity contribution in [2.75, 3.05) is 0 Å². The minimum atomic E-state index is -5.01. The first-order valence-corrected chi connectivity index (χ1v) is 9.47. The predicted molar refractivity (Wildman–Crippen MR) is 105 cm³/mol. The van der Waals surface area contributed by atoms with E-state index in [1.807, 2.05) is 0 Å². The molecule has 2 aromatic rings. The van der Waals surface area contributed by atoms with Gasteiger partial charge in [-0.3, -0.25) is 10.2 Å². The Morgan fingerprint density at radius 2 is 1.90 bits per heavy atom. The van der Waals surface area contributed by atoms with Gasteiger partial charge in [-0.1, -0.05) is 61.2 Å². The van der Waals surface area contributed by atoms with Gasteiger partial charge in [-0.05, 0) is 23.6 Å². The van der Waals surface area contributed by atoms with E-state index in [1.165, 1.54) is 0 Å². The first-order chi connectivity index (χ1) is 13.8. The molecule has 3 rings (SSSR count). The summed E-state index contributed by atoms with van der Waals surface area (Å²) >= 11 is 0.711. The maximum Gasteiger partial charge on any atom is 0.453 e. The maximum absolute atomic E-state index is 12.9. The third-order valence-electron chi connectivity index (χ3n) is 4.24. The summed E-state index contributed by atoms with van der Waals surface area (Å²) < 4.78 is 38.8. The van der Waals surface area contributed by atoms with E-state index in [0.29, 0.717) is 39.9 Å². The van der Waals surface area contributed by atoms with Crippen LogP contribution < -0.4 is 0 Å². The normalized spacial score (nSPS) is 16.3. The SMILES string of the molecule is CCC1=NN(C(=N)c2ccc(-c3ccccc3C#N)cc2)C(C(=O)C(F)(F)F)S1. The summed E-state index contributed by atoms with van der Waals surface area (Å²) in [7, 11) is 0. The highest BCUT2D eigenvalue weighted by Gasteiger charge is 2.49. The Hall–Kier alpha value is -3.12. The number of alkyl halides is 3. The summed E-state index contributed by atoms with van der Waals surface area (Å²) in [5.41, 5.74) is 2.24. The number of hydrogen-bond donors (Lipinski definition) is 1. The van der Waals surface area contributed by atoms with Gasteiger partial charge in [0.05, 0.1) is 16.7 Å². The number of amidine groups is 1. The molecule has 0 aliphatic carbocycles. The van der Waals surface area contributed by atoms with E-state index in [4.69, 9.17) is 5.41 Å². The zero-order valence-electron chi connectivity index (χ0n) is 15.2. The van der Waals surface area contributed by atoms with E-state index in [0.717, 1.165) is 10.6 Å². The molecular weight excluding hydrogens is 401 g/mol. The van der Waals surface area contributed by atoms with E-state index >= 15 is 0 Å². The Morgan fingerprint density at radius 1 is 1.24 bits per heavy atom. The average molecular weight is 416 g/mol. The molecule has 1 aliphatic rings. The van der Waals surface area contributed by atoms with Crippen LogP contribution in [0.25, 0.3) is 11.1 Å². The lowest BCUT2D eigenvalue weighted by Crippen LogP contribution is -2.43. The van der Waals surface area contributed by atoms with Crippen LogP contribution in [0.1, 0.15) is 24.5 Å². The van der Waals surface area contributed by atoms with Gasteiger partial charge in [-0.25, -0.2) is 5.01 Å². The Kier molecular flexibility index (Phi) is 5.75. The van der Waals surface area contributed by atoms with Gasteiger partial charge < -0.3 is 0 Å². The van der Waals surface area contributed by atoms with Crippen LogP contribution in [0.2, 0.25) is 0 Å². The molecule has 0 aromatic heterocycles. The number of nitrogens with zero attached hydrogens (tertiary/aromatic N) is 3. The molecule has 1 aliphatic heterocycles. The number of nitriles is 1. The molecule has 0 amide bonds. The van der Waals surface area contributed by atoms with Crippen LogP contribution in [-0.4, -0.2) is 33.2 Å². The molecular formula is C20H15F3N4OS. The number of Topliss-reactive ketones (excluding diaryl/α,β-unsaturated/α-hetero) is 1. The summed E-state index contributed by atoms with van der Waals surface area (Å²) in [6.45, 7) is 1.72. The Balaban J connectivity index is 1.90. The zero-order valence-corrected chi connectivity index (χ0v) is 16.0. The summed E-state index contributed by atoms with van der Waals surface area (Å²) in [6.07, 6.45) is -4.65. The second-order valence-corrected chi connectivity index (χ2v) is 7.26. The molecule has 0 saturated carbocycles. The van der Waals surface area contributed by atoms with E-state index in [-0.39, 0.29) is 5.84 Å². The van der Waals surface area contributed by atoms with E-state index in [2.05, 4.69) is 11.2 Å². The molecule has 1 heterocycles. The fraction of sp³-hybridized carbons (Fsp3) is 0.200. The van der Waals surface area contributed by atoms with Crippen LogP contribution in [0, 0.1) is 16.7 Å². The molecule has 0 radical (unpaired) electrons. The molecule has 1 N–H and O–H groups in total. The molecule has 148 valence electrons. The zero-order chi connectivity index (χ0) is 21.2. The Bertz CT molecular complexity index is 1030. The van der Waals surface area contributed by atoms with Crippen LogP contribution in [0.3, 0.4) is 0 Å². The second kappa shape index (κ2) is 8.09. The summed E-state index contributed by atoms with van der Waals surface area (Å²) in [4.78, 5) is 11.8. The monoisotopic (exact) mass is 416 g/mol. The third kappa shape index (κ3) is 4.17. The summed E-state index contributed by atoms with van der Waals surface area (Å²) in [6, 6.07) is 15.6. The van der Waals surface area contributed by atoms with E-state index in [9.17, 15) is 23.2 Å². The molecule has 1 atom stereocenters. The van der Waals surface area contributed by atoms with Gasteiger partial charge in [-0.2, -0.15) is 23.5 Å². The largest absolute Gasteiger partial charge is 0.453 e. The van der Waals surface area contributed by atoms with Crippen molar-refractivity contribution in [2.24, 2.45) is 5.10 Å². The molecule has 5 nitrogen and oxygen atoms in total. The Morgan fingerprint density at radius 3 is 2.48 bits per heavy atom. The van der Waals surface area contributed by atoms with Crippen LogP contribution in [0.4, 0.5) is 13.2 Å². The second-order valence-electron chi connectivity index (χ2n) is 6.11. The molecule has 0 saturated heterocycles. The van der Waals surface area contributed by atoms with Crippen molar-refractivity contribution >= 4 is 28.4 Å². The fourth-order valence-corrected chi connectivity index (χ4v) is 3.83. The minimum Gasteiger partial charge on any atom is -0.286 e. The van der Waals surface area contributed by atoms with Gasteiger partial charge in [-0.15, -0.1) is 0 Å². The number of carbonyl (C=O) groups is 1. The lowest BCUT2D eigenvalue weighted by Gasteiger charge is -2.23. The maximum atomic E-state index is 12.9. The van der Waals surface area contributed by atoms with Crippen molar-refractivity contribution in [3.8, 4) is 17.2 Å². The molecule has 0 spiro atoms. The molecule has 2 aromatic carbocycles. The molecule has 0 bridgehead atoms. The highest BCUT2D eigenvalue weighted by molar-refractivity contribution is 8.15. The van der Waals surface area contributed by atoms with Crippen molar-refractivity contribution in [2.45, 2.75) is 24.9 Å². The summed E-state index contributed by atoms with van der Waals surface area (Å²) in [5, 5.41) is 21.1. The summed E-state index contributed by atoms with van der Waals surface area (Å²) in [5.74, 6) is -2.25. The molecule has 1 unspecified atom stereocenters. The van der Waals surface area contributed by atoms with Gasteiger partial charge >= 0.3 is 6.18 Å². The lowest BCUT2D eigenvalue weighted by molar-refractivity contribution is -0.172. The number of carbonyl (C=O) groups excluding carboxylic acids is 1. The van der Waals surface area contributed by atoms with Crippen LogP contribution >= 0.6 is 11.8 Å². The van der Waals surface area contributed by atoms with Gasteiger partial charge in [0.15, 0.2) is 5.37 Å². The van der Waals surface area contributed by atoms with E-state index in [1.54, 1.807) is 55.5 Å². The van der Waals surface area contributed by atoms with E-state index < -0.39 is 17.3 Å². The number of nitrogens with one attached hydrogen (secondary N) is 1. The highest BCUT2D eigenvalue weighted by atomic mass is 32.2. The number of rotatable bonds is 4. The first-order valence-electron chi connectivity index (χ1n) is 8.59. The lowest BCUT2D eigenvalue weighted by atomic mass is 9.99. The van der Waals surface area contributed by atoms with Crippen LogP contribution in [-0.2, 0) is 4.79 Å². The smallest absolute Gasteiger partial charge is 0.286 e. The van der Waals surface area contributed by atoms with Crippen LogP contribution in [0.15, 0.2) is 53.6 Å². The molecule has 0 fully saturated rings. The molecule has 29 heavy (non-hydrogen) atoms. The predicted octanol–water partition coefficient (Wildman–Crippen LogP) is 4.78. The minimum absolute atomic E-state index is 0.302. The number of benzene rings is 2. The van der Waals surface area contributed by atoms with Crippen molar-refractivity contribution in [3.05, 3.63) is 59.7 Å². The number of halogens is 3. The van der Waals surface area contributed by atoms with Crippen molar-refractivity contribution < 1.29 is 18.0 Å². The van der Waals surface area contributed by atoms with Crippen LogP contribution in [0.5, 0.6) is 0 Å².